The molecule has 0 spiro atoms. The zero-order valence-corrected chi connectivity index (χ0v) is 4.81. The predicted octanol–water partition coefficient (Wildman–Crippen LogP) is 1.12. The topological polar surface area (TPSA) is 17.1 Å². The van der Waals surface area contributed by atoms with Crippen LogP contribution in [0, 0.1) is 0 Å². The van der Waals surface area contributed by atoms with E-state index in [2.05, 4.69) is 6.92 Å². The molecule has 0 saturated carbocycles. The first-order valence-electron chi connectivity index (χ1n) is 2.85. The molecule has 0 saturated heterocycles. The number of hydrogen-bond donors (Lipinski definition) is 0. The summed E-state index contributed by atoms with van der Waals surface area (Å²) in [5.41, 5.74) is 0. The molecule has 0 fully saturated rings. The average molecular weight is 108 g/mol. The first-order valence-corrected chi connectivity index (χ1v) is 2.85. The maximum absolute atomic E-state index is 9.68. The molecule has 0 atom stereocenters. The number of unbranched alkanes of at least 4 members (excludes halogenated alkanes) is 3. The fourth-order valence-corrected chi connectivity index (χ4v) is 0.478. The van der Waals surface area contributed by atoms with Gasteiger partial charge in [0, 0.05) is 6.42 Å². The first-order chi connectivity index (χ1) is 3.41. The summed E-state index contributed by atoms with van der Waals surface area (Å²) in [6.45, 7) is 2.13. The second-order valence-corrected chi connectivity index (χ2v) is 1.66. The van der Waals surface area contributed by atoms with Crippen molar-refractivity contribution in [2.75, 3.05) is 0 Å². The zero-order valence-electron chi connectivity index (χ0n) is 4.81. The van der Waals surface area contributed by atoms with Gasteiger partial charge in [-0.2, -0.15) is 0 Å². The van der Waals surface area contributed by atoms with E-state index >= 15 is 0 Å². The quantitative estimate of drug-likeness (QED) is 0.299. The Morgan fingerprint density at radius 2 is 2.00 bits per heavy atom. The number of hydrogen-bond acceptors (Lipinski definition) is 1. The molecule has 0 radical (unpaired) electrons. The van der Waals surface area contributed by atoms with Gasteiger partial charge in [0.2, 0.25) is 0 Å². The van der Waals surface area contributed by atoms with E-state index in [-0.39, 0.29) is 18.9 Å². The standard InChI is InChI=1S/C6H12O.Li.H/c1-2-3-4-5-6-7;;/h6H,2-5H2,1H3;;. The number of aldehydes is 1. The third-order valence-electron chi connectivity index (χ3n) is 0.926. The van der Waals surface area contributed by atoms with E-state index in [9.17, 15) is 4.79 Å². The van der Waals surface area contributed by atoms with Crippen LogP contribution in [0.1, 0.15) is 32.6 Å². The molecule has 0 aromatic rings. The van der Waals surface area contributed by atoms with Crippen LogP contribution in [0.15, 0.2) is 0 Å². The summed E-state index contributed by atoms with van der Waals surface area (Å²) in [6.07, 6.45) is 5.19. The van der Waals surface area contributed by atoms with Crippen molar-refractivity contribution in [2.45, 2.75) is 32.6 Å². The van der Waals surface area contributed by atoms with Crippen molar-refractivity contribution in [3.8, 4) is 0 Å². The Balaban J connectivity index is 0. The molecule has 0 aromatic heterocycles. The summed E-state index contributed by atoms with van der Waals surface area (Å²) in [4.78, 5) is 9.68. The van der Waals surface area contributed by atoms with Crippen LogP contribution >= 0.6 is 0 Å². The van der Waals surface area contributed by atoms with Crippen LogP contribution in [0.2, 0.25) is 0 Å². The van der Waals surface area contributed by atoms with Crippen LogP contribution in [-0.4, -0.2) is 25.1 Å². The Bertz CT molecular complexity index is 45.8. The van der Waals surface area contributed by atoms with Crippen molar-refractivity contribution >= 4 is 25.1 Å². The van der Waals surface area contributed by atoms with Crippen molar-refractivity contribution in [3.05, 3.63) is 0 Å². The van der Waals surface area contributed by atoms with Gasteiger partial charge in [-0.1, -0.05) is 19.8 Å². The SMILES string of the molecule is CCCCCC=O.[LiH]. The second-order valence-electron chi connectivity index (χ2n) is 1.66. The van der Waals surface area contributed by atoms with Crippen molar-refractivity contribution in [2.24, 2.45) is 0 Å². The summed E-state index contributed by atoms with van der Waals surface area (Å²) < 4.78 is 0. The molecule has 0 bridgehead atoms. The summed E-state index contributed by atoms with van der Waals surface area (Å²) >= 11 is 0. The Hall–Kier alpha value is 0.267. The van der Waals surface area contributed by atoms with Crippen LogP contribution in [0.3, 0.4) is 0 Å². The van der Waals surface area contributed by atoms with E-state index in [0.717, 1.165) is 19.1 Å². The van der Waals surface area contributed by atoms with Crippen LogP contribution < -0.4 is 0 Å². The van der Waals surface area contributed by atoms with Crippen molar-refractivity contribution < 1.29 is 4.79 Å². The molecule has 0 unspecified atom stereocenters. The number of carbonyl (C=O) groups is 1. The molecule has 0 heterocycles. The van der Waals surface area contributed by atoms with Crippen molar-refractivity contribution in [1.29, 1.82) is 0 Å². The van der Waals surface area contributed by atoms with E-state index < -0.39 is 0 Å². The van der Waals surface area contributed by atoms with Crippen LogP contribution in [0.5, 0.6) is 0 Å². The molecule has 0 amide bonds. The zero-order chi connectivity index (χ0) is 5.54. The summed E-state index contributed by atoms with van der Waals surface area (Å²) in [5.74, 6) is 0. The Morgan fingerprint density at radius 1 is 1.38 bits per heavy atom. The van der Waals surface area contributed by atoms with Gasteiger partial charge in [-0.15, -0.1) is 0 Å². The molecular formula is C6H13LiO. The maximum atomic E-state index is 9.68. The molecule has 1 nitrogen and oxygen atoms in total. The number of carbonyl (C=O) groups excluding carboxylic acids is 1. The molecule has 8 heavy (non-hydrogen) atoms. The van der Waals surface area contributed by atoms with Crippen LogP contribution in [0.4, 0.5) is 0 Å². The molecule has 0 rings (SSSR count). The fraction of sp³-hybridized carbons (Fsp3) is 0.833. The molecule has 0 aliphatic heterocycles. The predicted molar refractivity (Wildman–Crippen MR) is 37.4 cm³/mol. The molecule has 0 N–H and O–H groups in total. The Labute approximate surface area is 63.0 Å². The summed E-state index contributed by atoms with van der Waals surface area (Å²) in [7, 11) is 0. The third kappa shape index (κ3) is 9.55. The van der Waals surface area contributed by atoms with E-state index in [4.69, 9.17) is 0 Å². The van der Waals surface area contributed by atoms with Gasteiger partial charge >= 0.3 is 18.9 Å². The normalized spacial score (nSPS) is 7.62. The van der Waals surface area contributed by atoms with Gasteiger partial charge < -0.3 is 4.79 Å². The molecular weight excluding hydrogens is 95.0 g/mol. The van der Waals surface area contributed by atoms with Gasteiger partial charge in [0.25, 0.3) is 0 Å². The van der Waals surface area contributed by atoms with E-state index in [1.54, 1.807) is 0 Å². The molecule has 0 aromatic carbocycles. The monoisotopic (exact) mass is 108 g/mol. The van der Waals surface area contributed by atoms with E-state index in [1.807, 2.05) is 0 Å². The van der Waals surface area contributed by atoms with Gasteiger partial charge in [0.05, 0.1) is 0 Å². The molecule has 0 aliphatic carbocycles. The van der Waals surface area contributed by atoms with Crippen LogP contribution in [-0.2, 0) is 4.79 Å². The van der Waals surface area contributed by atoms with Gasteiger partial charge in [-0.05, 0) is 6.42 Å². The Kier molecular flexibility index (Phi) is 14.3. The van der Waals surface area contributed by atoms with E-state index in [1.165, 1.54) is 12.8 Å². The molecule has 44 valence electrons. The minimum atomic E-state index is 0. The molecule has 0 aliphatic rings. The van der Waals surface area contributed by atoms with Gasteiger partial charge in [-0.3, -0.25) is 0 Å². The average Bonchev–Trinajstić information content (AvgIpc) is 1.69. The van der Waals surface area contributed by atoms with Gasteiger partial charge in [0.1, 0.15) is 6.29 Å². The van der Waals surface area contributed by atoms with Crippen molar-refractivity contribution in [3.63, 3.8) is 0 Å². The Morgan fingerprint density at radius 3 is 2.38 bits per heavy atom. The second kappa shape index (κ2) is 10.3. The summed E-state index contributed by atoms with van der Waals surface area (Å²) in [5, 5.41) is 0. The summed E-state index contributed by atoms with van der Waals surface area (Å²) in [6, 6.07) is 0. The minimum absolute atomic E-state index is 0. The molecule has 2 heteroatoms. The third-order valence-corrected chi connectivity index (χ3v) is 0.926. The fourth-order valence-electron chi connectivity index (χ4n) is 0.478. The van der Waals surface area contributed by atoms with Gasteiger partial charge in [0.15, 0.2) is 0 Å². The van der Waals surface area contributed by atoms with Crippen molar-refractivity contribution in [1.82, 2.24) is 0 Å². The van der Waals surface area contributed by atoms with E-state index in [0.29, 0.717) is 0 Å². The van der Waals surface area contributed by atoms with Gasteiger partial charge in [-0.25, -0.2) is 0 Å². The number of rotatable bonds is 4. The first kappa shape index (κ1) is 11.1. The van der Waals surface area contributed by atoms with Crippen LogP contribution in [0.25, 0.3) is 0 Å².